The van der Waals surface area contributed by atoms with Crippen LogP contribution in [-0.2, 0) is 12.7 Å². The highest BCUT2D eigenvalue weighted by molar-refractivity contribution is 5.41. The number of alkyl halides is 3. The van der Waals surface area contributed by atoms with Gasteiger partial charge >= 0.3 is 6.18 Å². The molecule has 0 spiro atoms. The van der Waals surface area contributed by atoms with E-state index in [0.29, 0.717) is 5.75 Å². The van der Waals surface area contributed by atoms with Gasteiger partial charge in [0.25, 0.3) is 0 Å². The molecule has 0 aliphatic carbocycles. The van der Waals surface area contributed by atoms with E-state index in [9.17, 15) is 13.2 Å². The van der Waals surface area contributed by atoms with E-state index in [1.165, 1.54) is 13.2 Å². The van der Waals surface area contributed by atoms with E-state index in [1.54, 1.807) is 6.07 Å². The van der Waals surface area contributed by atoms with Crippen LogP contribution in [-0.4, -0.2) is 38.2 Å². The summed E-state index contributed by atoms with van der Waals surface area (Å²) in [6.45, 7) is 3.36. The van der Waals surface area contributed by atoms with Crippen molar-refractivity contribution in [3.63, 3.8) is 0 Å². The summed E-state index contributed by atoms with van der Waals surface area (Å²) in [7, 11) is 1.40. The average Bonchev–Trinajstić information content (AvgIpc) is 2.39. The normalized spacial score (nSPS) is 17.5. The molecule has 2 rings (SSSR count). The first-order valence-electron chi connectivity index (χ1n) is 6.18. The van der Waals surface area contributed by atoms with E-state index in [1.807, 2.05) is 4.90 Å². The Kier molecular flexibility index (Phi) is 4.31. The molecule has 1 N–H and O–H groups in total. The van der Waals surface area contributed by atoms with Crippen molar-refractivity contribution in [2.45, 2.75) is 12.7 Å². The number of halogens is 3. The largest absolute Gasteiger partial charge is 0.496 e. The first kappa shape index (κ1) is 14.1. The second kappa shape index (κ2) is 5.79. The zero-order valence-corrected chi connectivity index (χ0v) is 10.8. The number of methoxy groups -OCH3 is 1. The standard InChI is InChI=1S/C13H17F3N2O/c1-19-12-4-2-3-11(13(14,15)16)10(12)9-18-7-5-17-6-8-18/h2-4,17H,5-9H2,1H3. The van der Waals surface area contributed by atoms with Gasteiger partial charge in [-0.3, -0.25) is 4.90 Å². The van der Waals surface area contributed by atoms with Gasteiger partial charge in [-0.25, -0.2) is 0 Å². The Morgan fingerprint density at radius 2 is 1.95 bits per heavy atom. The van der Waals surface area contributed by atoms with Gasteiger partial charge in [0.05, 0.1) is 12.7 Å². The summed E-state index contributed by atoms with van der Waals surface area (Å²) >= 11 is 0. The van der Waals surface area contributed by atoms with Crippen LogP contribution >= 0.6 is 0 Å². The molecule has 19 heavy (non-hydrogen) atoms. The minimum atomic E-state index is -4.35. The van der Waals surface area contributed by atoms with Gasteiger partial charge in [0.1, 0.15) is 5.75 Å². The van der Waals surface area contributed by atoms with Gasteiger partial charge < -0.3 is 10.1 Å². The smallest absolute Gasteiger partial charge is 0.416 e. The molecule has 0 bridgehead atoms. The summed E-state index contributed by atoms with van der Waals surface area (Å²) < 4.78 is 44.2. The molecule has 1 aliphatic rings. The van der Waals surface area contributed by atoms with E-state index in [-0.39, 0.29) is 12.1 Å². The molecule has 6 heteroatoms. The van der Waals surface area contributed by atoms with E-state index in [2.05, 4.69) is 5.32 Å². The maximum absolute atomic E-state index is 13.0. The topological polar surface area (TPSA) is 24.5 Å². The SMILES string of the molecule is COc1cccc(C(F)(F)F)c1CN1CCNCC1. The van der Waals surface area contributed by atoms with Crippen molar-refractivity contribution in [3.8, 4) is 5.75 Å². The second-order valence-corrected chi connectivity index (χ2v) is 4.51. The minimum absolute atomic E-state index is 0.222. The molecule has 0 radical (unpaired) electrons. The molecule has 0 unspecified atom stereocenters. The van der Waals surface area contributed by atoms with Crippen molar-refractivity contribution >= 4 is 0 Å². The molecule has 0 aromatic heterocycles. The molecule has 1 aromatic carbocycles. The molecule has 1 fully saturated rings. The van der Waals surface area contributed by atoms with E-state index in [0.717, 1.165) is 32.2 Å². The van der Waals surface area contributed by atoms with Crippen molar-refractivity contribution in [1.82, 2.24) is 10.2 Å². The van der Waals surface area contributed by atoms with Crippen molar-refractivity contribution in [1.29, 1.82) is 0 Å². The Labute approximate surface area is 110 Å². The summed E-state index contributed by atoms with van der Waals surface area (Å²) in [6, 6.07) is 4.07. The molecular weight excluding hydrogens is 257 g/mol. The lowest BCUT2D eigenvalue weighted by atomic mass is 10.0. The molecule has 1 aromatic rings. The number of hydrogen-bond donors (Lipinski definition) is 1. The zero-order valence-electron chi connectivity index (χ0n) is 10.8. The maximum Gasteiger partial charge on any atom is 0.416 e. The number of nitrogens with zero attached hydrogens (tertiary/aromatic N) is 1. The molecule has 1 saturated heterocycles. The van der Waals surface area contributed by atoms with Gasteiger partial charge in [0.2, 0.25) is 0 Å². The highest BCUT2D eigenvalue weighted by Crippen LogP contribution is 2.36. The lowest BCUT2D eigenvalue weighted by Gasteiger charge is -2.29. The molecule has 1 aliphatic heterocycles. The van der Waals surface area contributed by atoms with Crippen molar-refractivity contribution in [3.05, 3.63) is 29.3 Å². The van der Waals surface area contributed by atoms with Crippen molar-refractivity contribution < 1.29 is 17.9 Å². The lowest BCUT2D eigenvalue weighted by molar-refractivity contribution is -0.138. The van der Waals surface area contributed by atoms with Crippen molar-refractivity contribution in [2.24, 2.45) is 0 Å². The highest BCUT2D eigenvalue weighted by atomic mass is 19.4. The molecule has 3 nitrogen and oxygen atoms in total. The monoisotopic (exact) mass is 274 g/mol. The van der Waals surface area contributed by atoms with Crippen LogP contribution in [0.5, 0.6) is 5.75 Å². The number of hydrogen-bond acceptors (Lipinski definition) is 3. The third kappa shape index (κ3) is 3.39. The number of nitrogens with one attached hydrogen (secondary N) is 1. The van der Waals surface area contributed by atoms with Crippen LogP contribution in [0, 0.1) is 0 Å². The Morgan fingerprint density at radius 3 is 2.53 bits per heavy atom. The summed E-state index contributed by atoms with van der Waals surface area (Å²) in [4.78, 5) is 2.00. The minimum Gasteiger partial charge on any atom is -0.496 e. The van der Waals surface area contributed by atoms with Crippen LogP contribution < -0.4 is 10.1 Å². The summed E-state index contributed by atoms with van der Waals surface area (Å²) in [5.74, 6) is 0.299. The first-order valence-corrected chi connectivity index (χ1v) is 6.18. The number of benzene rings is 1. The summed E-state index contributed by atoms with van der Waals surface area (Å²) in [5.41, 5.74) is -0.384. The summed E-state index contributed by atoms with van der Waals surface area (Å²) in [5, 5.41) is 3.18. The number of rotatable bonds is 3. The maximum atomic E-state index is 13.0. The zero-order chi connectivity index (χ0) is 13.9. The van der Waals surface area contributed by atoms with E-state index >= 15 is 0 Å². The van der Waals surface area contributed by atoms with E-state index in [4.69, 9.17) is 4.74 Å². The predicted octanol–water partition coefficient (Wildman–Crippen LogP) is 2.12. The average molecular weight is 274 g/mol. The quantitative estimate of drug-likeness (QED) is 0.913. The Morgan fingerprint density at radius 1 is 1.26 bits per heavy atom. The van der Waals surface area contributed by atoms with Gasteiger partial charge in [0.15, 0.2) is 0 Å². The second-order valence-electron chi connectivity index (χ2n) is 4.51. The van der Waals surface area contributed by atoms with Crippen LogP contribution in [0.4, 0.5) is 13.2 Å². The van der Waals surface area contributed by atoms with Gasteiger partial charge in [-0.2, -0.15) is 13.2 Å². The molecular formula is C13H17F3N2O. The number of piperazine rings is 1. The Bertz CT molecular complexity index is 428. The number of ether oxygens (including phenoxy) is 1. The Balaban J connectivity index is 2.29. The molecule has 0 amide bonds. The highest BCUT2D eigenvalue weighted by Gasteiger charge is 2.35. The fraction of sp³-hybridized carbons (Fsp3) is 0.538. The summed E-state index contributed by atoms with van der Waals surface area (Å²) in [6.07, 6.45) is -4.35. The molecule has 0 atom stereocenters. The Hall–Kier alpha value is -1.27. The van der Waals surface area contributed by atoms with Crippen LogP contribution in [0.2, 0.25) is 0 Å². The predicted molar refractivity (Wildman–Crippen MR) is 66.1 cm³/mol. The fourth-order valence-electron chi connectivity index (χ4n) is 2.28. The van der Waals surface area contributed by atoms with Gasteiger partial charge in [-0.15, -0.1) is 0 Å². The van der Waals surface area contributed by atoms with Crippen molar-refractivity contribution in [2.75, 3.05) is 33.3 Å². The van der Waals surface area contributed by atoms with Gasteiger partial charge in [-0.1, -0.05) is 6.07 Å². The molecule has 1 heterocycles. The molecule has 106 valence electrons. The third-order valence-corrected chi connectivity index (χ3v) is 3.25. The fourth-order valence-corrected chi connectivity index (χ4v) is 2.28. The van der Waals surface area contributed by atoms with Gasteiger partial charge in [0, 0.05) is 38.3 Å². The lowest BCUT2D eigenvalue weighted by Crippen LogP contribution is -2.43. The van der Waals surface area contributed by atoms with Crippen LogP contribution in [0.3, 0.4) is 0 Å². The first-order chi connectivity index (χ1) is 9.02. The molecule has 0 saturated carbocycles. The van der Waals surface area contributed by atoms with Crippen LogP contribution in [0.15, 0.2) is 18.2 Å². The van der Waals surface area contributed by atoms with Crippen LogP contribution in [0.25, 0.3) is 0 Å². The van der Waals surface area contributed by atoms with Crippen LogP contribution in [0.1, 0.15) is 11.1 Å². The van der Waals surface area contributed by atoms with E-state index < -0.39 is 11.7 Å². The third-order valence-electron chi connectivity index (χ3n) is 3.25. The van der Waals surface area contributed by atoms with Gasteiger partial charge in [-0.05, 0) is 12.1 Å².